The van der Waals surface area contributed by atoms with Crippen molar-refractivity contribution in [2.45, 2.75) is 51.0 Å². The molecule has 2 aliphatic heterocycles. The van der Waals surface area contributed by atoms with E-state index in [-0.39, 0.29) is 41.1 Å². The Bertz CT molecular complexity index is 1110. The molecule has 33 heavy (non-hydrogen) atoms. The molecule has 0 spiro atoms. The van der Waals surface area contributed by atoms with Gasteiger partial charge >= 0.3 is 6.03 Å². The average Bonchev–Trinajstić information content (AvgIpc) is 2.82. The number of piperidine rings is 1. The van der Waals surface area contributed by atoms with Crippen molar-refractivity contribution < 1.29 is 14.0 Å². The molecule has 3 amide bonds. The number of anilines is 2. The summed E-state index contributed by atoms with van der Waals surface area (Å²) < 4.78 is 15.0. The van der Waals surface area contributed by atoms with Crippen LogP contribution in [0.2, 0.25) is 0 Å². The van der Waals surface area contributed by atoms with Gasteiger partial charge in [-0.15, -0.1) is 0 Å². The van der Waals surface area contributed by atoms with E-state index in [2.05, 4.69) is 10.6 Å². The second-order valence-corrected chi connectivity index (χ2v) is 9.55. The molecule has 174 valence electrons. The maximum Gasteiger partial charge on any atom is 0.321 e. The number of nitrogens with one attached hydrogen (secondary N) is 2. The van der Waals surface area contributed by atoms with Crippen molar-refractivity contribution >= 4 is 23.3 Å². The summed E-state index contributed by atoms with van der Waals surface area (Å²) in [7, 11) is 0. The fourth-order valence-electron chi connectivity index (χ4n) is 5.62. The third-order valence-electron chi connectivity index (χ3n) is 7.21. The second-order valence-electron chi connectivity index (χ2n) is 9.55. The van der Waals surface area contributed by atoms with E-state index in [1.54, 1.807) is 15.5 Å². The SMILES string of the molecule is O=C(Nc1ccc(=O)n2c1[C@@H]1C[C@@H](CN(C(=O)Nc3ccc(F)cc3)C1)C2)C1CCCCC1. The highest BCUT2D eigenvalue weighted by Gasteiger charge is 2.38. The third kappa shape index (κ3) is 4.51. The van der Waals surface area contributed by atoms with Crippen LogP contribution in [0.15, 0.2) is 41.2 Å². The molecule has 1 saturated heterocycles. The lowest BCUT2D eigenvalue weighted by molar-refractivity contribution is -0.120. The number of pyridine rings is 1. The minimum absolute atomic E-state index is 0.0204. The summed E-state index contributed by atoms with van der Waals surface area (Å²) in [4.78, 5) is 40.2. The maximum atomic E-state index is 13.2. The van der Waals surface area contributed by atoms with Crippen LogP contribution in [0.5, 0.6) is 0 Å². The van der Waals surface area contributed by atoms with Gasteiger partial charge in [-0.05, 0) is 55.5 Å². The van der Waals surface area contributed by atoms with E-state index in [0.717, 1.165) is 37.8 Å². The molecule has 1 aromatic heterocycles. The summed E-state index contributed by atoms with van der Waals surface area (Å²) >= 11 is 0. The molecular formula is C25H29FN4O3. The number of nitrogens with zero attached hydrogens (tertiary/aromatic N) is 2. The first kappa shape index (κ1) is 21.7. The monoisotopic (exact) mass is 452 g/mol. The highest BCUT2D eigenvalue weighted by Crippen LogP contribution is 2.39. The summed E-state index contributed by atoms with van der Waals surface area (Å²) in [5, 5.41) is 5.94. The lowest BCUT2D eigenvalue weighted by Gasteiger charge is -2.43. The number of rotatable bonds is 3. The van der Waals surface area contributed by atoms with Crippen molar-refractivity contribution in [3.63, 3.8) is 0 Å². The smallest absolute Gasteiger partial charge is 0.321 e. The number of fused-ring (bicyclic) bond motifs is 4. The van der Waals surface area contributed by atoms with E-state index in [1.165, 1.54) is 36.8 Å². The van der Waals surface area contributed by atoms with Crippen LogP contribution in [0.4, 0.5) is 20.6 Å². The number of urea groups is 1. The minimum atomic E-state index is -0.356. The van der Waals surface area contributed by atoms with Crippen molar-refractivity contribution in [2.75, 3.05) is 23.7 Å². The fraction of sp³-hybridized carbons (Fsp3) is 0.480. The zero-order valence-electron chi connectivity index (χ0n) is 18.6. The standard InChI is InChI=1S/C25H29FN4O3/c26-19-6-8-20(9-7-19)27-25(33)29-13-16-12-18(15-29)23-21(10-11-22(31)30(23)14-16)28-24(32)17-4-2-1-3-5-17/h6-11,16-18H,1-5,12-15H2,(H,27,33)(H,28,32)/t16-,18+/m0/s1. The van der Waals surface area contributed by atoms with Gasteiger partial charge in [-0.1, -0.05) is 19.3 Å². The average molecular weight is 453 g/mol. The summed E-state index contributed by atoms with van der Waals surface area (Å²) in [6.45, 7) is 1.53. The number of amides is 3. The van der Waals surface area contributed by atoms with E-state index in [4.69, 9.17) is 0 Å². The van der Waals surface area contributed by atoms with Gasteiger partial charge < -0.3 is 20.1 Å². The topological polar surface area (TPSA) is 83.4 Å². The Morgan fingerprint density at radius 2 is 1.67 bits per heavy atom. The fourth-order valence-corrected chi connectivity index (χ4v) is 5.62. The molecule has 2 aromatic rings. The van der Waals surface area contributed by atoms with Crippen molar-refractivity contribution in [1.29, 1.82) is 0 Å². The molecule has 8 heteroatoms. The van der Waals surface area contributed by atoms with Gasteiger partial charge in [-0.2, -0.15) is 0 Å². The number of halogens is 1. The molecule has 3 aliphatic rings. The van der Waals surface area contributed by atoms with Crippen molar-refractivity contribution in [1.82, 2.24) is 9.47 Å². The number of aromatic nitrogens is 1. The third-order valence-corrected chi connectivity index (χ3v) is 7.21. The number of carbonyl (C=O) groups is 2. The van der Waals surface area contributed by atoms with E-state index in [0.29, 0.717) is 31.0 Å². The number of hydrogen-bond acceptors (Lipinski definition) is 3. The Morgan fingerprint density at radius 1 is 0.909 bits per heavy atom. The van der Waals surface area contributed by atoms with Crippen LogP contribution in [-0.4, -0.2) is 34.5 Å². The Labute approximate surface area is 192 Å². The normalized spacial score (nSPS) is 22.4. The molecule has 5 rings (SSSR count). The van der Waals surface area contributed by atoms with E-state index >= 15 is 0 Å². The summed E-state index contributed by atoms with van der Waals surface area (Å²) in [5.41, 5.74) is 1.98. The molecule has 0 unspecified atom stereocenters. The quantitative estimate of drug-likeness (QED) is 0.734. The number of hydrogen-bond donors (Lipinski definition) is 2. The van der Waals surface area contributed by atoms with Crippen molar-refractivity contribution in [3.8, 4) is 0 Å². The zero-order valence-corrected chi connectivity index (χ0v) is 18.6. The van der Waals surface area contributed by atoms with Gasteiger partial charge in [0.05, 0.1) is 5.69 Å². The van der Waals surface area contributed by atoms with Crippen LogP contribution in [0.25, 0.3) is 0 Å². The van der Waals surface area contributed by atoms with Crippen LogP contribution in [0.3, 0.4) is 0 Å². The first-order chi connectivity index (χ1) is 16.0. The number of likely N-dealkylation sites (tertiary alicyclic amines) is 1. The van der Waals surface area contributed by atoms with Gasteiger partial charge in [-0.3, -0.25) is 9.59 Å². The molecule has 0 radical (unpaired) electrons. The highest BCUT2D eigenvalue weighted by atomic mass is 19.1. The molecule has 1 aliphatic carbocycles. The van der Waals surface area contributed by atoms with Gasteiger partial charge in [0.25, 0.3) is 5.56 Å². The largest absolute Gasteiger partial charge is 0.324 e. The summed E-state index contributed by atoms with van der Waals surface area (Å²) in [5.74, 6) is -0.179. The molecule has 2 atom stereocenters. The molecule has 2 N–H and O–H groups in total. The number of carbonyl (C=O) groups excluding carboxylic acids is 2. The highest BCUT2D eigenvalue weighted by molar-refractivity contribution is 5.93. The van der Waals surface area contributed by atoms with Gasteiger partial charge in [0.15, 0.2) is 0 Å². The van der Waals surface area contributed by atoms with Crippen LogP contribution in [0, 0.1) is 17.7 Å². The summed E-state index contributed by atoms with van der Waals surface area (Å²) in [6, 6.07) is 8.69. The first-order valence-electron chi connectivity index (χ1n) is 11.8. The molecule has 1 aromatic carbocycles. The van der Waals surface area contributed by atoms with Crippen LogP contribution < -0.4 is 16.2 Å². The zero-order chi connectivity index (χ0) is 22.9. The molecular weight excluding hydrogens is 423 g/mol. The van der Waals surface area contributed by atoms with Gasteiger partial charge in [-0.25, -0.2) is 9.18 Å². The van der Waals surface area contributed by atoms with E-state index in [9.17, 15) is 18.8 Å². The Kier molecular flexibility index (Phi) is 5.91. The van der Waals surface area contributed by atoms with Crippen molar-refractivity contribution in [3.05, 3.63) is 58.3 Å². The lowest BCUT2D eigenvalue weighted by atomic mass is 9.82. The molecule has 1 saturated carbocycles. The van der Waals surface area contributed by atoms with Gasteiger partial charge in [0, 0.05) is 48.9 Å². The molecule has 2 bridgehead atoms. The lowest BCUT2D eigenvalue weighted by Crippen LogP contribution is -2.50. The van der Waals surface area contributed by atoms with Crippen LogP contribution >= 0.6 is 0 Å². The summed E-state index contributed by atoms with van der Waals surface area (Å²) in [6.07, 6.45) is 6.02. The maximum absolute atomic E-state index is 13.2. The van der Waals surface area contributed by atoms with Crippen LogP contribution in [-0.2, 0) is 11.3 Å². The Hall–Kier alpha value is -3.16. The Morgan fingerprint density at radius 3 is 2.42 bits per heavy atom. The molecule has 3 heterocycles. The minimum Gasteiger partial charge on any atom is -0.324 e. The first-order valence-corrected chi connectivity index (χ1v) is 11.8. The van der Waals surface area contributed by atoms with Crippen LogP contribution in [0.1, 0.15) is 50.1 Å². The molecule has 7 nitrogen and oxygen atoms in total. The molecule has 2 fully saturated rings. The Balaban J connectivity index is 1.36. The number of benzene rings is 1. The van der Waals surface area contributed by atoms with Gasteiger partial charge in [0.2, 0.25) is 5.91 Å². The predicted molar refractivity (Wildman–Crippen MR) is 124 cm³/mol. The second kappa shape index (κ2) is 9.00. The van der Waals surface area contributed by atoms with Gasteiger partial charge in [0.1, 0.15) is 5.82 Å². The van der Waals surface area contributed by atoms with E-state index < -0.39 is 0 Å². The van der Waals surface area contributed by atoms with Crippen molar-refractivity contribution in [2.24, 2.45) is 11.8 Å². The van der Waals surface area contributed by atoms with E-state index in [1.807, 2.05) is 0 Å². The predicted octanol–water partition coefficient (Wildman–Crippen LogP) is 4.16.